The first-order valence-corrected chi connectivity index (χ1v) is 9.99. The van der Waals surface area contributed by atoms with E-state index in [1.165, 1.54) is 10.8 Å². The van der Waals surface area contributed by atoms with Crippen LogP contribution in [0.4, 0.5) is 5.69 Å². The second kappa shape index (κ2) is 10.3. The van der Waals surface area contributed by atoms with Gasteiger partial charge >= 0.3 is 0 Å². The second-order valence-corrected chi connectivity index (χ2v) is 7.29. The third kappa shape index (κ3) is 5.36. The van der Waals surface area contributed by atoms with Crippen molar-refractivity contribution in [1.29, 1.82) is 0 Å². The summed E-state index contributed by atoms with van der Waals surface area (Å²) in [5.41, 5.74) is 0.337. The zero-order chi connectivity index (χ0) is 23.1. The lowest BCUT2D eigenvalue weighted by Crippen LogP contribution is -2.43. The van der Waals surface area contributed by atoms with E-state index in [0.717, 1.165) is 5.56 Å². The molecule has 1 aromatic carbocycles. The van der Waals surface area contributed by atoms with Crippen LogP contribution in [0.25, 0.3) is 0 Å². The van der Waals surface area contributed by atoms with Crippen LogP contribution in [0.15, 0.2) is 46.5 Å². The number of carbonyl (C=O) groups is 4. The Kier molecular flexibility index (Phi) is 7.32. The zero-order valence-electron chi connectivity index (χ0n) is 17.0. The molecular weight excluding hydrogens is 418 g/mol. The molecule has 0 saturated carbocycles. The van der Waals surface area contributed by atoms with E-state index in [1.807, 2.05) is 30.3 Å². The molecule has 1 aliphatic rings. The molecule has 11 heteroatoms. The Morgan fingerprint density at radius 2 is 2.00 bits per heavy atom. The van der Waals surface area contributed by atoms with E-state index in [1.54, 1.807) is 0 Å². The van der Waals surface area contributed by atoms with Crippen LogP contribution in [0.3, 0.4) is 0 Å². The van der Waals surface area contributed by atoms with E-state index >= 15 is 0 Å². The molecule has 1 aliphatic heterocycles. The van der Waals surface area contributed by atoms with Crippen molar-refractivity contribution < 1.29 is 19.2 Å². The number of amides is 3. The van der Waals surface area contributed by atoms with Gasteiger partial charge in [-0.05, 0) is 18.4 Å². The lowest BCUT2D eigenvalue weighted by atomic mass is 10.1. The lowest BCUT2D eigenvalue weighted by molar-refractivity contribution is -0.128. The first kappa shape index (κ1) is 22.7. The lowest BCUT2D eigenvalue weighted by Gasteiger charge is -2.17. The molecule has 0 aliphatic carbocycles. The fourth-order valence-electron chi connectivity index (χ4n) is 3.49. The summed E-state index contributed by atoms with van der Waals surface area (Å²) >= 11 is 0. The molecule has 0 bridgehead atoms. The van der Waals surface area contributed by atoms with Crippen LogP contribution < -0.4 is 16.2 Å². The van der Waals surface area contributed by atoms with Gasteiger partial charge in [0.1, 0.15) is 23.8 Å². The summed E-state index contributed by atoms with van der Waals surface area (Å²) in [6, 6.07) is 7.21. The Balaban J connectivity index is 1.70. The molecule has 0 fully saturated rings. The number of aldehydes is 1. The van der Waals surface area contributed by atoms with E-state index in [0.29, 0.717) is 25.0 Å². The second-order valence-electron chi connectivity index (χ2n) is 7.29. The molecule has 2 atom stereocenters. The summed E-state index contributed by atoms with van der Waals surface area (Å²) in [5.74, 6) is -1.75. The molecule has 2 N–H and O–H groups in total. The number of nitroso groups, excluding NO2 is 1. The monoisotopic (exact) mass is 439 g/mol. The van der Waals surface area contributed by atoms with Crippen molar-refractivity contribution >= 4 is 29.7 Å². The highest BCUT2D eigenvalue weighted by Gasteiger charge is 2.32. The highest BCUT2D eigenvalue weighted by molar-refractivity contribution is 5.91. The minimum atomic E-state index is -1.23. The summed E-state index contributed by atoms with van der Waals surface area (Å²) in [4.78, 5) is 74.5. The summed E-state index contributed by atoms with van der Waals surface area (Å²) in [5, 5.41) is 7.08. The number of anilines is 1. The van der Waals surface area contributed by atoms with Crippen LogP contribution >= 0.6 is 0 Å². The average molecular weight is 439 g/mol. The molecular formula is C21H21N5O6. The highest BCUT2D eigenvalue weighted by Crippen LogP contribution is 2.23. The molecule has 2 heterocycles. The van der Waals surface area contributed by atoms with Gasteiger partial charge in [-0.15, -0.1) is 4.91 Å². The molecule has 11 nitrogen and oxygen atoms in total. The van der Waals surface area contributed by atoms with Crippen LogP contribution in [-0.2, 0) is 32.0 Å². The predicted molar refractivity (Wildman–Crippen MR) is 113 cm³/mol. The minimum absolute atomic E-state index is 0.0567. The van der Waals surface area contributed by atoms with Gasteiger partial charge in [-0.3, -0.25) is 23.7 Å². The van der Waals surface area contributed by atoms with E-state index < -0.39 is 35.9 Å². The number of rotatable bonds is 9. The number of aromatic nitrogens is 2. The maximum atomic E-state index is 12.9. The Bertz CT molecular complexity index is 1100. The number of fused-ring (bicyclic) bond motifs is 1. The van der Waals surface area contributed by atoms with Gasteiger partial charge in [0.15, 0.2) is 0 Å². The van der Waals surface area contributed by atoms with Gasteiger partial charge < -0.3 is 15.4 Å². The fraction of sp³-hybridized carbons (Fsp3) is 0.333. The molecule has 0 saturated heterocycles. The van der Waals surface area contributed by atoms with E-state index in [-0.39, 0.29) is 24.4 Å². The van der Waals surface area contributed by atoms with Crippen LogP contribution in [0.1, 0.15) is 36.7 Å². The van der Waals surface area contributed by atoms with Crippen molar-refractivity contribution in [2.75, 3.05) is 5.32 Å². The predicted octanol–water partition coefficient (Wildman–Crippen LogP) is 0.669. The number of carbonyl (C=O) groups excluding carboxylic acids is 4. The minimum Gasteiger partial charge on any atom is -0.344 e. The van der Waals surface area contributed by atoms with E-state index in [2.05, 4.69) is 20.8 Å². The summed E-state index contributed by atoms with van der Waals surface area (Å²) in [6.45, 7) is 0. The van der Waals surface area contributed by atoms with Gasteiger partial charge in [-0.2, -0.15) is 0 Å². The van der Waals surface area contributed by atoms with Gasteiger partial charge in [0, 0.05) is 18.0 Å². The standard InChI is InChI=1S/C21H21N5O6/c27-12-14(10-19(29)25-32)23-20(30)16-7-8-17-22-11-15(21(31)26(16)17)24-18(28)9-6-13-4-2-1-3-5-13/h1-5,11-12,14,16H,6-10H2,(H,23,30)(H,24,28)/t14-,16-/m0/s1. The molecule has 2 aromatic rings. The number of hydrogen-bond acceptors (Lipinski definition) is 7. The third-order valence-electron chi connectivity index (χ3n) is 5.07. The molecule has 32 heavy (non-hydrogen) atoms. The van der Waals surface area contributed by atoms with Crippen LogP contribution in [0.5, 0.6) is 0 Å². The Hall–Kier alpha value is -4.02. The highest BCUT2D eigenvalue weighted by atomic mass is 16.3. The van der Waals surface area contributed by atoms with Crippen LogP contribution in [0, 0.1) is 4.91 Å². The Morgan fingerprint density at radius 3 is 2.69 bits per heavy atom. The topological polar surface area (TPSA) is 157 Å². The SMILES string of the molecule is O=C[C@H](CC(=O)N=O)NC(=O)[C@@H]1CCc2ncc(NC(=O)CCc3ccccc3)c(=O)n21. The molecule has 3 rings (SSSR count). The van der Waals surface area contributed by atoms with Gasteiger partial charge in [0.2, 0.25) is 11.8 Å². The number of hydrogen-bond donors (Lipinski definition) is 2. The first-order valence-electron chi connectivity index (χ1n) is 9.99. The Labute approximate surface area is 182 Å². The zero-order valence-corrected chi connectivity index (χ0v) is 17.0. The van der Waals surface area contributed by atoms with Gasteiger partial charge in [-0.25, -0.2) is 4.98 Å². The summed E-state index contributed by atoms with van der Waals surface area (Å²) in [7, 11) is 0. The number of benzene rings is 1. The van der Waals surface area contributed by atoms with Crippen LogP contribution in [-0.4, -0.2) is 39.6 Å². The van der Waals surface area contributed by atoms with Crippen molar-refractivity contribution in [3.05, 3.63) is 63.2 Å². The largest absolute Gasteiger partial charge is 0.344 e. The first-order chi connectivity index (χ1) is 15.4. The number of aryl methyl sites for hydroxylation is 2. The quantitative estimate of drug-likeness (QED) is 0.429. The smallest absolute Gasteiger partial charge is 0.288 e. The fourth-order valence-corrected chi connectivity index (χ4v) is 3.49. The van der Waals surface area contributed by atoms with Crippen LogP contribution in [0.2, 0.25) is 0 Å². The van der Waals surface area contributed by atoms with Crippen molar-refractivity contribution in [1.82, 2.24) is 14.9 Å². The van der Waals surface area contributed by atoms with Gasteiger partial charge in [0.05, 0.1) is 18.7 Å². The molecule has 166 valence electrons. The maximum absolute atomic E-state index is 12.9. The number of nitrogens with one attached hydrogen (secondary N) is 2. The van der Waals surface area contributed by atoms with Crippen molar-refractivity contribution in [3.8, 4) is 0 Å². The average Bonchev–Trinajstić information content (AvgIpc) is 3.24. The molecule has 0 radical (unpaired) electrons. The maximum Gasteiger partial charge on any atom is 0.288 e. The summed E-state index contributed by atoms with van der Waals surface area (Å²) in [6.07, 6.45) is 2.27. The molecule has 0 spiro atoms. The normalized spacial score (nSPS) is 15.3. The molecule has 0 unspecified atom stereocenters. The molecule has 1 aromatic heterocycles. The van der Waals surface area contributed by atoms with Crippen molar-refractivity contribution in [2.45, 2.75) is 44.2 Å². The van der Waals surface area contributed by atoms with E-state index in [4.69, 9.17) is 0 Å². The summed E-state index contributed by atoms with van der Waals surface area (Å²) < 4.78 is 1.17. The van der Waals surface area contributed by atoms with Crippen molar-refractivity contribution in [2.24, 2.45) is 5.18 Å². The third-order valence-corrected chi connectivity index (χ3v) is 5.07. The van der Waals surface area contributed by atoms with Gasteiger partial charge in [0.25, 0.3) is 11.5 Å². The van der Waals surface area contributed by atoms with Crippen molar-refractivity contribution in [3.63, 3.8) is 0 Å². The van der Waals surface area contributed by atoms with Gasteiger partial charge in [-0.1, -0.05) is 30.3 Å². The molecule has 3 amide bonds. The van der Waals surface area contributed by atoms with E-state index in [9.17, 15) is 28.9 Å². The number of nitrogens with zero attached hydrogens (tertiary/aromatic N) is 3. The Morgan fingerprint density at radius 1 is 1.25 bits per heavy atom.